The van der Waals surface area contributed by atoms with E-state index < -0.39 is 10.0 Å². The molecule has 9 heteroatoms. The molecule has 0 amide bonds. The average Bonchev–Trinajstić information content (AvgIpc) is 1.11. The molecule has 0 spiro atoms. The zero-order chi connectivity index (χ0) is 62.0. The highest BCUT2D eigenvalue weighted by molar-refractivity contribution is 8.34. The number of hydrogen-bond acceptors (Lipinski definition) is 6. The third kappa shape index (κ3) is 9.29. The Morgan fingerprint density at radius 1 is 0.522 bits per heavy atom. The molecule has 2 aliphatic heterocycles. The fraction of sp³-hybridized carbons (Fsp3) is 0.173. The van der Waals surface area contributed by atoms with Crippen LogP contribution in [0.3, 0.4) is 0 Å². The van der Waals surface area contributed by atoms with Gasteiger partial charge in [0, 0.05) is 65.2 Å². The van der Waals surface area contributed by atoms with Gasteiger partial charge in [0.2, 0.25) is 0 Å². The lowest BCUT2D eigenvalue weighted by Crippen LogP contribution is -2.60. The van der Waals surface area contributed by atoms with Crippen molar-refractivity contribution in [3.05, 3.63) is 260 Å². The topological polar surface area (TPSA) is 35.8 Å². The van der Waals surface area contributed by atoms with Crippen LogP contribution in [0.2, 0.25) is 0 Å². The van der Waals surface area contributed by atoms with E-state index in [4.69, 9.17) is 9.40 Å². The second-order valence-electron chi connectivity index (χ2n) is 26.8. The second kappa shape index (κ2) is 21.8. The van der Waals surface area contributed by atoms with Gasteiger partial charge in [0.1, 0.15) is 11.4 Å². The second-order valence-corrected chi connectivity index (χ2v) is 32.1. The van der Waals surface area contributed by atoms with Crippen LogP contribution in [0, 0.1) is 5.82 Å². The molecule has 15 rings (SSSR count). The van der Waals surface area contributed by atoms with Gasteiger partial charge in [-0.3, -0.25) is 4.98 Å². The molecule has 0 atom stereocenters. The Morgan fingerprint density at radius 2 is 1.17 bits per heavy atom. The molecule has 5 heterocycles. The summed E-state index contributed by atoms with van der Waals surface area (Å²) in [5.74, 6) is -0.230. The number of fused-ring (bicyclic) bond motifs is 9. The van der Waals surface area contributed by atoms with Crippen LogP contribution in [0.1, 0.15) is 80.4 Å². The predicted octanol–water partition coefficient (Wildman–Crippen LogP) is 21.9. The number of furan rings is 1. The van der Waals surface area contributed by atoms with Crippen LogP contribution in [0.15, 0.2) is 257 Å². The first-order valence-electron chi connectivity index (χ1n) is 31.5. The molecule has 0 unspecified atom stereocenters. The molecule has 0 saturated carbocycles. The standard InChI is InChI=1S/C81H72BFN4OS2/c1-51(2)90(52(3)4,61-28-21-27-57(83)46-61)62-48-72-76-73(49-62)87(70-33-22-31-65-64-30-18-20-34-74(64)88-78(65)70)71-47-59(85(58-38-35-55(36-39-58)80(5,6)7)69-32-19-17-29-63(69)53-23-13-11-14-24-53)40-42-67(71)82(76)79-77(66-45-56(81(8,9)10)37-44-75(66)89-79)86(72)60-41-43-68(84-50-60)54-25-15-12-16-26-54/h11-52H,1-10H3. The zero-order valence-corrected chi connectivity index (χ0v) is 54.4. The molecule has 2 aliphatic rings. The van der Waals surface area contributed by atoms with Gasteiger partial charge in [-0.2, -0.15) is 10.0 Å². The van der Waals surface area contributed by atoms with E-state index in [9.17, 15) is 0 Å². The Labute approximate surface area is 534 Å². The van der Waals surface area contributed by atoms with Crippen molar-refractivity contribution in [2.75, 3.05) is 14.7 Å². The summed E-state index contributed by atoms with van der Waals surface area (Å²) >= 11 is 1.90. The summed E-state index contributed by atoms with van der Waals surface area (Å²) < 4.78 is 26.0. The smallest absolute Gasteiger partial charge is 0.264 e. The van der Waals surface area contributed by atoms with Crippen LogP contribution < -0.4 is 30.4 Å². The average molecular weight is 1210 g/mol. The minimum atomic E-state index is -2.07. The van der Waals surface area contributed by atoms with Gasteiger partial charge in [-0.25, -0.2) is 4.39 Å². The van der Waals surface area contributed by atoms with Gasteiger partial charge in [-0.05, 0) is 156 Å². The maximum absolute atomic E-state index is 16.3. The summed E-state index contributed by atoms with van der Waals surface area (Å²) in [6.45, 7) is 22.9. The first kappa shape index (κ1) is 57.3. The molecule has 0 aliphatic carbocycles. The van der Waals surface area contributed by atoms with Crippen molar-refractivity contribution < 1.29 is 8.81 Å². The molecular formula is C81H72BFN4OS2. The monoisotopic (exact) mass is 1210 g/mol. The minimum Gasteiger partial charge on any atom is -0.454 e. The zero-order valence-electron chi connectivity index (χ0n) is 52.7. The third-order valence-electron chi connectivity index (χ3n) is 18.7. The first-order chi connectivity index (χ1) is 43.5. The number of halogens is 1. The predicted molar refractivity (Wildman–Crippen MR) is 385 cm³/mol. The van der Waals surface area contributed by atoms with Gasteiger partial charge in [0.15, 0.2) is 5.58 Å². The van der Waals surface area contributed by atoms with Crippen molar-refractivity contribution in [1.82, 2.24) is 4.98 Å². The molecule has 90 heavy (non-hydrogen) atoms. The van der Waals surface area contributed by atoms with Crippen molar-refractivity contribution >= 4 is 127 Å². The lowest BCUT2D eigenvalue weighted by Gasteiger charge is -2.50. The Hall–Kier alpha value is -9.15. The largest absolute Gasteiger partial charge is 0.454 e. The number of benzene rings is 10. The Kier molecular flexibility index (Phi) is 13.9. The van der Waals surface area contributed by atoms with E-state index in [1.54, 1.807) is 6.07 Å². The van der Waals surface area contributed by atoms with Gasteiger partial charge in [0.05, 0.1) is 34.6 Å². The number of aromatic nitrogens is 1. The lowest BCUT2D eigenvalue weighted by molar-refractivity contribution is 0.590. The number of pyridine rings is 1. The van der Waals surface area contributed by atoms with Gasteiger partial charge < -0.3 is 19.1 Å². The Bertz CT molecular complexity index is 4900. The van der Waals surface area contributed by atoms with E-state index in [-0.39, 0.29) is 33.9 Å². The summed E-state index contributed by atoms with van der Waals surface area (Å²) in [7, 11) is -2.07. The van der Waals surface area contributed by atoms with E-state index in [2.05, 4.69) is 309 Å². The normalized spacial score (nSPS) is 13.4. The number of nitrogens with zero attached hydrogens (tertiary/aromatic N) is 4. The quantitative estimate of drug-likeness (QED) is 0.121. The molecule has 0 radical (unpaired) electrons. The molecule has 0 saturated heterocycles. The highest BCUT2D eigenvalue weighted by atomic mass is 32.3. The maximum Gasteiger partial charge on any atom is 0.264 e. The summed E-state index contributed by atoms with van der Waals surface area (Å²) in [6, 6.07) is 85.6. The van der Waals surface area contributed by atoms with E-state index in [1.807, 2.05) is 23.5 Å². The first-order valence-corrected chi connectivity index (χ1v) is 34.1. The summed E-state index contributed by atoms with van der Waals surface area (Å²) in [5.41, 5.74) is 20.0. The van der Waals surface area contributed by atoms with Crippen LogP contribution in [0.5, 0.6) is 0 Å². The molecule has 0 bridgehead atoms. The number of thiophene rings is 1. The number of rotatable bonds is 11. The van der Waals surface area contributed by atoms with Crippen molar-refractivity contribution in [2.24, 2.45) is 0 Å². The molecular weight excluding hydrogens is 1140 g/mol. The third-order valence-corrected chi connectivity index (χ3v) is 25.0. The van der Waals surface area contributed by atoms with Gasteiger partial charge in [0.25, 0.3) is 6.71 Å². The van der Waals surface area contributed by atoms with Gasteiger partial charge in [-0.1, -0.05) is 209 Å². The van der Waals surface area contributed by atoms with E-state index in [0.717, 1.165) is 100 Å². The molecule has 13 aromatic rings. The Balaban J connectivity index is 1.09. The highest BCUT2D eigenvalue weighted by Gasteiger charge is 2.48. The molecule has 10 aromatic carbocycles. The lowest BCUT2D eigenvalue weighted by atomic mass is 9.36. The molecule has 3 aromatic heterocycles. The van der Waals surface area contributed by atoms with E-state index in [0.29, 0.717) is 0 Å². The fourth-order valence-electron chi connectivity index (χ4n) is 14.5. The van der Waals surface area contributed by atoms with Crippen molar-refractivity contribution in [1.29, 1.82) is 0 Å². The Morgan fingerprint density at radius 3 is 1.87 bits per heavy atom. The van der Waals surface area contributed by atoms with E-state index in [1.165, 1.54) is 41.8 Å². The fourth-order valence-corrected chi connectivity index (χ4v) is 20.6. The molecule has 444 valence electrons. The van der Waals surface area contributed by atoms with E-state index >= 15 is 4.39 Å². The number of anilines is 9. The van der Waals surface area contributed by atoms with Crippen molar-refractivity contribution in [2.45, 2.75) is 100 Å². The summed E-state index contributed by atoms with van der Waals surface area (Å²) in [6.07, 6.45) is 2.08. The van der Waals surface area contributed by atoms with Crippen LogP contribution in [0.4, 0.5) is 55.6 Å². The molecule has 0 N–H and O–H groups in total. The molecule has 0 fully saturated rings. The highest BCUT2D eigenvalue weighted by Crippen LogP contribution is 2.70. The van der Waals surface area contributed by atoms with Crippen molar-refractivity contribution in [3.63, 3.8) is 0 Å². The van der Waals surface area contributed by atoms with Gasteiger partial charge in [-0.15, -0.1) is 11.3 Å². The summed E-state index contributed by atoms with van der Waals surface area (Å²) in [5, 5.41) is 3.52. The van der Waals surface area contributed by atoms with Crippen LogP contribution in [-0.2, 0) is 10.8 Å². The summed E-state index contributed by atoms with van der Waals surface area (Å²) in [4.78, 5) is 15.1. The SMILES string of the molecule is CC(C)S(c1cccc(F)c1)(c1cc2c3c(c1)N(c1cccc4c1oc1ccccc14)c1cc(N(c4ccc(C(C)(C)C)cc4)c4ccccc4-c4ccccc4)ccc1B3c1sc3ccc(C(C)(C)C)cc3c1N2c1ccc(-c2ccccc2)nc1)C(C)C. The van der Waals surface area contributed by atoms with Crippen LogP contribution >= 0.6 is 21.4 Å². The van der Waals surface area contributed by atoms with Crippen LogP contribution in [0.25, 0.3) is 54.4 Å². The van der Waals surface area contributed by atoms with Crippen molar-refractivity contribution in [3.8, 4) is 22.4 Å². The van der Waals surface area contributed by atoms with Crippen LogP contribution in [-0.4, -0.2) is 22.2 Å². The molecule has 5 nitrogen and oxygen atoms in total. The number of hydrogen-bond donors (Lipinski definition) is 0. The number of para-hydroxylation sites is 3. The minimum absolute atomic E-state index is 0.0447. The van der Waals surface area contributed by atoms with Gasteiger partial charge >= 0.3 is 0 Å². The maximum atomic E-state index is 16.3.